The Balaban J connectivity index is 1.53. The minimum Gasteiger partial charge on any atom is -0.364 e. The molecular weight excluding hydrogens is 419 g/mol. The third-order valence-electron chi connectivity index (χ3n) is 6.25. The molecule has 0 spiro atoms. The van der Waals surface area contributed by atoms with E-state index in [1.807, 2.05) is 35.2 Å². The molecule has 0 unspecified atom stereocenters. The van der Waals surface area contributed by atoms with Gasteiger partial charge >= 0.3 is 5.69 Å². The molecule has 0 bridgehead atoms. The van der Waals surface area contributed by atoms with E-state index in [9.17, 15) is 14.0 Å². The second-order valence-corrected chi connectivity index (χ2v) is 8.27. The number of rotatable bonds is 4. The molecule has 1 aliphatic heterocycles. The van der Waals surface area contributed by atoms with Gasteiger partial charge in [0.15, 0.2) is 0 Å². The molecule has 0 saturated heterocycles. The van der Waals surface area contributed by atoms with Gasteiger partial charge in [0.1, 0.15) is 5.82 Å². The predicted octanol–water partition coefficient (Wildman–Crippen LogP) is 3.54. The summed E-state index contributed by atoms with van der Waals surface area (Å²) in [5.74, 6) is -0.287. The largest absolute Gasteiger partial charge is 0.364 e. The monoisotopic (exact) mass is 442 g/mol. The van der Waals surface area contributed by atoms with Crippen LogP contribution < -0.4 is 11.2 Å². The normalized spacial score (nSPS) is 13.4. The molecule has 0 saturated carbocycles. The molecule has 166 valence electrons. The zero-order chi connectivity index (χ0) is 23.1. The highest BCUT2D eigenvalue weighted by molar-refractivity contribution is 5.84. The first-order valence-electron chi connectivity index (χ1n) is 10.8. The molecule has 0 radical (unpaired) electrons. The van der Waals surface area contributed by atoms with Crippen LogP contribution in [0.1, 0.15) is 22.5 Å². The average Bonchev–Trinajstić information content (AvgIpc) is 2.83. The maximum Gasteiger partial charge on any atom is 0.331 e. The Morgan fingerprint density at radius 3 is 2.55 bits per heavy atom. The van der Waals surface area contributed by atoms with E-state index in [2.05, 4.69) is 11.6 Å². The summed E-state index contributed by atoms with van der Waals surface area (Å²) in [7, 11) is 0. The van der Waals surface area contributed by atoms with Crippen molar-refractivity contribution in [1.82, 2.24) is 19.0 Å². The molecule has 2 aromatic heterocycles. The number of hydrogen-bond donors (Lipinski definition) is 0. The molecule has 1 aliphatic rings. The Labute approximate surface area is 189 Å². The molecule has 4 aromatic rings. The Hall–Kier alpha value is -4.00. The molecule has 33 heavy (non-hydrogen) atoms. The van der Waals surface area contributed by atoms with Gasteiger partial charge in [0.05, 0.1) is 23.6 Å². The quantitative estimate of drug-likeness (QED) is 0.485. The number of pyridine rings is 1. The summed E-state index contributed by atoms with van der Waals surface area (Å²) in [6.45, 7) is 7.53. The molecular formula is C26H23FN4O2. The van der Waals surface area contributed by atoms with Crippen LogP contribution in [0.25, 0.3) is 16.5 Å². The molecule has 0 N–H and O–H groups in total. The van der Waals surface area contributed by atoms with Crippen LogP contribution in [0.3, 0.4) is 0 Å². The van der Waals surface area contributed by atoms with Gasteiger partial charge in [-0.15, -0.1) is 0 Å². The Morgan fingerprint density at radius 2 is 1.76 bits per heavy atom. The van der Waals surface area contributed by atoms with E-state index < -0.39 is 0 Å². The summed E-state index contributed by atoms with van der Waals surface area (Å²) in [5.41, 5.74) is 2.56. The summed E-state index contributed by atoms with van der Waals surface area (Å²) in [5, 5.41) is 1.93. The molecule has 2 aromatic carbocycles. The highest BCUT2D eigenvalue weighted by Gasteiger charge is 2.26. The van der Waals surface area contributed by atoms with Crippen molar-refractivity contribution in [3.63, 3.8) is 0 Å². The lowest BCUT2D eigenvalue weighted by Gasteiger charge is -2.34. The Morgan fingerprint density at radius 1 is 1.00 bits per heavy atom. The highest BCUT2D eigenvalue weighted by Crippen LogP contribution is 2.25. The van der Waals surface area contributed by atoms with Crippen molar-refractivity contribution in [1.29, 1.82) is 0 Å². The standard InChI is InChI=1S/C26H23FN4O2/c1-17-24-18(2)29(15-19-7-9-21(27)10-8-19)13-14-30(24)26(33)31(25(17)32)16-23-22-6-4-3-5-20(22)11-12-28-23/h3-12H,2,13-16H2,1H3. The summed E-state index contributed by atoms with van der Waals surface area (Å²) < 4.78 is 16.1. The van der Waals surface area contributed by atoms with E-state index in [1.165, 1.54) is 16.7 Å². The van der Waals surface area contributed by atoms with Gasteiger partial charge in [-0.1, -0.05) is 43.0 Å². The fourth-order valence-corrected chi connectivity index (χ4v) is 4.50. The lowest BCUT2D eigenvalue weighted by atomic mass is 10.1. The Kier molecular flexibility index (Phi) is 5.17. The maximum absolute atomic E-state index is 13.4. The van der Waals surface area contributed by atoms with Crippen LogP contribution in [-0.4, -0.2) is 25.6 Å². The minimum atomic E-state index is -0.363. The van der Waals surface area contributed by atoms with Crippen LogP contribution in [0.4, 0.5) is 4.39 Å². The summed E-state index contributed by atoms with van der Waals surface area (Å²) in [6, 6.07) is 16.0. The first-order chi connectivity index (χ1) is 15.9. The van der Waals surface area contributed by atoms with E-state index in [4.69, 9.17) is 0 Å². The highest BCUT2D eigenvalue weighted by atomic mass is 19.1. The van der Waals surface area contributed by atoms with Gasteiger partial charge in [0, 0.05) is 36.8 Å². The predicted molar refractivity (Wildman–Crippen MR) is 126 cm³/mol. The second kappa shape index (κ2) is 8.16. The van der Waals surface area contributed by atoms with E-state index >= 15 is 0 Å². The molecule has 5 rings (SSSR count). The first kappa shape index (κ1) is 20.9. The van der Waals surface area contributed by atoms with E-state index in [1.54, 1.807) is 29.8 Å². The number of nitrogens with zero attached hydrogens (tertiary/aromatic N) is 4. The summed E-state index contributed by atoms with van der Waals surface area (Å²) in [6.07, 6.45) is 1.70. The fourth-order valence-electron chi connectivity index (χ4n) is 4.50. The summed E-state index contributed by atoms with van der Waals surface area (Å²) >= 11 is 0. The SMILES string of the molecule is C=C1c2c(C)c(=O)n(Cc3nccc4ccccc34)c(=O)n2CCN1Cc1ccc(F)cc1. The molecule has 6 nitrogen and oxygen atoms in total. The van der Waals surface area contributed by atoms with Crippen molar-refractivity contribution in [2.24, 2.45) is 0 Å². The van der Waals surface area contributed by atoms with Crippen LogP contribution in [0.15, 0.2) is 77.0 Å². The third-order valence-corrected chi connectivity index (χ3v) is 6.25. The van der Waals surface area contributed by atoms with Crippen molar-refractivity contribution < 1.29 is 4.39 Å². The molecule has 3 heterocycles. The number of fused-ring (bicyclic) bond motifs is 2. The van der Waals surface area contributed by atoms with Gasteiger partial charge < -0.3 is 4.90 Å². The van der Waals surface area contributed by atoms with Crippen molar-refractivity contribution in [2.45, 2.75) is 26.6 Å². The Bertz CT molecular complexity index is 1500. The van der Waals surface area contributed by atoms with Gasteiger partial charge in [-0.05, 0) is 36.1 Å². The number of halogens is 1. The van der Waals surface area contributed by atoms with Crippen molar-refractivity contribution >= 4 is 16.5 Å². The topological polar surface area (TPSA) is 60.1 Å². The van der Waals surface area contributed by atoms with Crippen molar-refractivity contribution in [3.8, 4) is 0 Å². The van der Waals surface area contributed by atoms with Crippen LogP contribution in [-0.2, 0) is 19.6 Å². The van der Waals surface area contributed by atoms with Gasteiger partial charge in [-0.25, -0.2) is 9.18 Å². The van der Waals surface area contributed by atoms with Crippen molar-refractivity contribution in [2.75, 3.05) is 6.54 Å². The molecule has 0 aliphatic carbocycles. The number of hydrogen-bond acceptors (Lipinski definition) is 4. The van der Waals surface area contributed by atoms with E-state index in [-0.39, 0.29) is 23.6 Å². The first-order valence-corrected chi connectivity index (χ1v) is 10.8. The number of aromatic nitrogens is 3. The molecule has 0 fully saturated rings. The molecule has 0 atom stereocenters. The maximum atomic E-state index is 13.4. The van der Waals surface area contributed by atoms with E-state index in [0.717, 1.165) is 16.3 Å². The van der Waals surface area contributed by atoms with Crippen LogP contribution in [0.2, 0.25) is 0 Å². The lowest BCUT2D eigenvalue weighted by Crippen LogP contribution is -2.47. The third kappa shape index (κ3) is 3.65. The average molecular weight is 442 g/mol. The van der Waals surface area contributed by atoms with Crippen LogP contribution >= 0.6 is 0 Å². The summed E-state index contributed by atoms with van der Waals surface area (Å²) in [4.78, 5) is 33.1. The minimum absolute atomic E-state index is 0.103. The van der Waals surface area contributed by atoms with Gasteiger partial charge in [-0.2, -0.15) is 0 Å². The van der Waals surface area contributed by atoms with Crippen LogP contribution in [0.5, 0.6) is 0 Å². The van der Waals surface area contributed by atoms with Crippen LogP contribution in [0, 0.1) is 12.7 Å². The molecule has 0 amide bonds. The number of benzene rings is 2. The zero-order valence-corrected chi connectivity index (χ0v) is 18.3. The fraction of sp³-hybridized carbons (Fsp3) is 0.192. The molecule has 7 heteroatoms. The van der Waals surface area contributed by atoms with Gasteiger partial charge in [-0.3, -0.25) is 18.9 Å². The smallest absolute Gasteiger partial charge is 0.331 e. The van der Waals surface area contributed by atoms with Gasteiger partial charge in [0.2, 0.25) is 0 Å². The zero-order valence-electron chi connectivity index (χ0n) is 18.3. The van der Waals surface area contributed by atoms with Crippen molar-refractivity contribution in [3.05, 3.63) is 117 Å². The van der Waals surface area contributed by atoms with Gasteiger partial charge in [0.25, 0.3) is 5.56 Å². The van der Waals surface area contributed by atoms with E-state index in [0.29, 0.717) is 42.3 Å². The second-order valence-electron chi connectivity index (χ2n) is 8.27. The lowest BCUT2D eigenvalue weighted by molar-refractivity contribution is 0.332.